The topological polar surface area (TPSA) is 62.3 Å². The van der Waals surface area contributed by atoms with Crippen molar-refractivity contribution < 1.29 is 14.6 Å². The van der Waals surface area contributed by atoms with Gasteiger partial charge in [-0.3, -0.25) is 0 Å². The summed E-state index contributed by atoms with van der Waals surface area (Å²) in [5.41, 5.74) is 0.858. The van der Waals surface area contributed by atoms with Crippen molar-refractivity contribution in [1.29, 1.82) is 0 Å². The van der Waals surface area contributed by atoms with E-state index in [1.165, 1.54) is 0 Å². The molecule has 1 aromatic heterocycles. The Hall–Kier alpha value is -1.49. The Morgan fingerprint density at radius 1 is 1.56 bits per heavy atom. The predicted molar refractivity (Wildman–Crippen MR) is 64.1 cm³/mol. The van der Waals surface area contributed by atoms with E-state index in [1.807, 2.05) is 13.0 Å². The van der Waals surface area contributed by atoms with E-state index in [1.54, 1.807) is 12.1 Å². The first-order valence-corrected chi connectivity index (χ1v) is 5.60. The normalized spacial score (nSPS) is 10.6. The van der Waals surface area contributed by atoms with Crippen LogP contribution in [0.15, 0.2) is 22.7 Å². The SMILES string of the molecule is CCOc1ccc(Br)c2cc(C(=O)O)[nH]c12. The van der Waals surface area contributed by atoms with Crippen molar-refractivity contribution >= 4 is 32.8 Å². The first-order valence-electron chi connectivity index (χ1n) is 4.80. The van der Waals surface area contributed by atoms with Crippen molar-refractivity contribution in [2.45, 2.75) is 6.92 Å². The maximum absolute atomic E-state index is 10.9. The van der Waals surface area contributed by atoms with Crippen molar-refractivity contribution in [3.8, 4) is 5.75 Å². The highest BCUT2D eigenvalue weighted by atomic mass is 79.9. The van der Waals surface area contributed by atoms with Crippen LogP contribution in [0.3, 0.4) is 0 Å². The van der Waals surface area contributed by atoms with Gasteiger partial charge in [-0.15, -0.1) is 0 Å². The molecule has 0 fully saturated rings. The Morgan fingerprint density at radius 2 is 2.31 bits per heavy atom. The van der Waals surface area contributed by atoms with Crippen molar-refractivity contribution in [3.05, 3.63) is 28.4 Å². The number of hydrogen-bond acceptors (Lipinski definition) is 2. The number of aromatic nitrogens is 1. The molecule has 0 bridgehead atoms. The molecule has 0 amide bonds. The number of hydrogen-bond donors (Lipinski definition) is 2. The molecule has 0 unspecified atom stereocenters. The number of halogens is 1. The average Bonchev–Trinajstić information content (AvgIpc) is 2.68. The van der Waals surface area contributed by atoms with E-state index >= 15 is 0 Å². The van der Waals surface area contributed by atoms with E-state index in [-0.39, 0.29) is 5.69 Å². The molecule has 5 heteroatoms. The standard InChI is InChI=1S/C11H10BrNO3/c1-2-16-9-4-3-7(12)6-5-8(11(14)15)13-10(6)9/h3-5,13H,2H2,1H3,(H,14,15). The summed E-state index contributed by atoms with van der Waals surface area (Å²) < 4.78 is 6.26. The lowest BCUT2D eigenvalue weighted by atomic mass is 10.2. The van der Waals surface area contributed by atoms with Gasteiger partial charge in [0.05, 0.1) is 12.1 Å². The van der Waals surface area contributed by atoms with Crippen LogP contribution < -0.4 is 4.74 Å². The van der Waals surface area contributed by atoms with E-state index in [4.69, 9.17) is 9.84 Å². The van der Waals surface area contributed by atoms with E-state index in [2.05, 4.69) is 20.9 Å². The number of fused-ring (bicyclic) bond motifs is 1. The largest absolute Gasteiger partial charge is 0.492 e. The number of aromatic amines is 1. The average molecular weight is 284 g/mol. The third-order valence-corrected chi connectivity index (χ3v) is 2.92. The van der Waals surface area contributed by atoms with Crippen molar-refractivity contribution in [2.75, 3.05) is 6.61 Å². The van der Waals surface area contributed by atoms with Gasteiger partial charge in [-0.1, -0.05) is 15.9 Å². The molecule has 0 atom stereocenters. The van der Waals surface area contributed by atoms with E-state index < -0.39 is 5.97 Å². The first kappa shape index (κ1) is 11.0. The molecule has 2 N–H and O–H groups in total. The fourth-order valence-electron chi connectivity index (χ4n) is 1.55. The maximum atomic E-state index is 10.9. The fourth-order valence-corrected chi connectivity index (χ4v) is 2.00. The van der Waals surface area contributed by atoms with Crippen LogP contribution in [-0.2, 0) is 0 Å². The van der Waals surface area contributed by atoms with Gasteiger partial charge in [0.25, 0.3) is 0 Å². The molecule has 2 rings (SSSR count). The minimum Gasteiger partial charge on any atom is -0.492 e. The van der Waals surface area contributed by atoms with Crippen molar-refractivity contribution in [3.63, 3.8) is 0 Å². The number of benzene rings is 1. The first-order chi connectivity index (χ1) is 7.63. The lowest BCUT2D eigenvalue weighted by molar-refractivity contribution is 0.0691. The summed E-state index contributed by atoms with van der Waals surface area (Å²) in [6, 6.07) is 5.23. The van der Waals surface area contributed by atoms with Crippen LogP contribution in [0.5, 0.6) is 5.75 Å². The van der Waals surface area contributed by atoms with Crippen LogP contribution >= 0.6 is 15.9 Å². The number of carbonyl (C=O) groups is 1. The molecule has 1 aromatic carbocycles. The zero-order chi connectivity index (χ0) is 11.7. The van der Waals surface area contributed by atoms with E-state index in [0.29, 0.717) is 17.9 Å². The third kappa shape index (κ3) is 1.78. The second kappa shape index (κ2) is 4.17. The highest BCUT2D eigenvalue weighted by Crippen LogP contribution is 2.32. The summed E-state index contributed by atoms with van der Waals surface area (Å²) in [6.45, 7) is 2.42. The summed E-state index contributed by atoms with van der Waals surface area (Å²) in [5, 5.41) is 9.72. The summed E-state index contributed by atoms with van der Waals surface area (Å²) in [5.74, 6) is -0.321. The molecule has 0 spiro atoms. The molecule has 0 aliphatic heterocycles. The van der Waals surface area contributed by atoms with Gasteiger partial charge >= 0.3 is 5.97 Å². The molecule has 2 aromatic rings. The Balaban J connectivity index is 2.67. The fraction of sp³-hybridized carbons (Fsp3) is 0.182. The minimum atomic E-state index is -0.981. The minimum absolute atomic E-state index is 0.155. The Bertz CT molecular complexity index is 547. The van der Waals surface area contributed by atoms with Crippen LogP contribution in [0.25, 0.3) is 10.9 Å². The number of rotatable bonds is 3. The maximum Gasteiger partial charge on any atom is 0.352 e. The van der Waals surface area contributed by atoms with Crippen LogP contribution in [-0.4, -0.2) is 22.7 Å². The Kier molecular flexibility index (Phi) is 2.87. The van der Waals surface area contributed by atoms with Gasteiger partial charge in [0, 0.05) is 9.86 Å². The highest BCUT2D eigenvalue weighted by Gasteiger charge is 2.12. The van der Waals surface area contributed by atoms with Crippen molar-refractivity contribution in [1.82, 2.24) is 4.98 Å². The van der Waals surface area contributed by atoms with E-state index in [9.17, 15) is 4.79 Å². The van der Waals surface area contributed by atoms with Gasteiger partial charge in [-0.05, 0) is 25.1 Å². The number of H-pyrrole nitrogens is 1. The summed E-state index contributed by atoms with van der Waals surface area (Å²) in [6.07, 6.45) is 0. The van der Waals surface area contributed by atoms with Crippen LogP contribution in [0.4, 0.5) is 0 Å². The van der Waals surface area contributed by atoms with Crippen LogP contribution in [0.2, 0.25) is 0 Å². The molecule has 0 saturated heterocycles. The van der Waals surface area contributed by atoms with Crippen LogP contribution in [0.1, 0.15) is 17.4 Å². The lowest BCUT2D eigenvalue weighted by Gasteiger charge is -2.04. The smallest absolute Gasteiger partial charge is 0.352 e. The van der Waals surface area contributed by atoms with Gasteiger partial charge in [-0.25, -0.2) is 4.79 Å². The number of carboxylic acids is 1. The second-order valence-electron chi connectivity index (χ2n) is 3.26. The number of ether oxygens (including phenoxy) is 1. The molecule has 0 saturated carbocycles. The highest BCUT2D eigenvalue weighted by molar-refractivity contribution is 9.10. The molecule has 0 radical (unpaired) electrons. The molecule has 16 heavy (non-hydrogen) atoms. The quantitative estimate of drug-likeness (QED) is 0.910. The van der Waals surface area contributed by atoms with Gasteiger partial charge in [0.2, 0.25) is 0 Å². The van der Waals surface area contributed by atoms with Gasteiger partial charge in [-0.2, -0.15) is 0 Å². The van der Waals surface area contributed by atoms with Crippen molar-refractivity contribution in [2.24, 2.45) is 0 Å². The summed E-state index contributed by atoms with van der Waals surface area (Å²) in [4.78, 5) is 13.7. The molecule has 84 valence electrons. The predicted octanol–water partition coefficient (Wildman–Crippen LogP) is 3.03. The number of nitrogens with one attached hydrogen (secondary N) is 1. The van der Waals surface area contributed by atoms with Gasteiger partial charge < -0.3 is 14.8 Å². The second-order valence-corrected chi connectivity index (χ2v) is 4.11. The molecular weight excluding hydrogens is 274 g/mol. The molecule has 1 heterocycles. The Morgan fingerprint density at radius 3 is 2.94 bits per heavy atom. The molecular formula is C11H10BrNO3. The molecule has 0 aliphatic rings. The number of aromatic carboxylic acids is 1. The van der Waals surface area contributed by atoms with E-state index in [0.717, 1.165) is 9.86 Å². The zero-order valence-corrected chi connectivity index (χ0v) is 10.2. The molecule has 0 aliphatic carbocycles. The summed E-state index contributed by atoms with van der Waals surface area (Å²) >= 11 is 3.38. The number of carboxylic acid groups (broad SMARTS) is 1. The van der Waals surface area contributed by atoms with Gasteiger partial charge in [0.15, 0.2) is 0 Å². The monoisotopic (exact) mass is 283 g/mol. The Labute approximate surface area is 100 Å². The lowest BCUT2D eigenvalue weighted by Crippen LogP contribution is -1.95. The van der Waals surface area contributed by atoms with Crippen LogP contribution in [0, 0.1) is 0 Å². The third-order valence-electron chi connectivity index (χ3n) is 2.23. The zero-order valence-electron chi connectivity index (χ0n) is 8.58. The van der Waals surface area contributed by atoms with Gasteiger partial charge in [0.1, 0.15) is 11.4 Å². The molecule has 4 nitrogen and oxygen atoms in total. The summed E-state index contributed by atoms with van der Waals surface area (Å²) in [7, 11) is 0.